The number of methoxy groups -OCH3 is 1. The van der Waals surface area contributed by atoms with Gasteiger partial charge in [0, 0.05) is 43.5 Å². The average molecular weight is 478 g/mol. The lowest BCUT2D eigenvalue weighted by Gasteiger charge is -2.31. The van der Waals surface area contributed by atoms with Crippen LogP contribution >= 0.6 is 0 Å². The van der Waals surface area contributed by atoms with Gasteiger partial charge in [0.1, 0.15) is 11.5 Å². The highest BCUT2D eigenvalue weighted by Gasteiger charge is 2.31. The van der Waals surface area contributed by atoms with Gasteiger partial charge in [-0.2, -0.15) is 0 Å². The molecule has 9 heteroatoms. The van der Waals surface area contributed by atoms with E-state index < -0.39 is 6.36 Å². The van der Waals surface area contributed by atoms with Crippen molar-refractivity contribution in [2.24, 2.45) is 0 Å². The maximum Gasteiger partial charge on any atom is 0.573 e. The van der Waals surface area contributed by atoms with E-state index in [0.717, 1.165) is 61.4 Å². The number of aromatic nitrogens is 2. The molecule has 184 valence electrons. The van der Waals surface area contributed by atoms with Crippen molar-refractivity contribution in [2.75, 3.05) is 40.0 Å². The van der Waals surface area contributed by atoms with Crippen LogP contribution in [0.15, 0.2) is 30.5 Å². The monoisotopic (exact) mass is 477 g/mol. The molecule has 1 saturated heterocycles. The minimum Gasteiger partial charge on any atom is -0.496 e. The second-order valence-electron chi connectivity index (χ2n) is 8.63. The summed E-state index contributed by atoms with van der Waals surface area (Å²) in [6.07, 6.45) is -1.64. The topological polar surface area (TPSA) is 48.8 Å². The van der Waals surface area contributed by atoms with Crippen LogP contribution in [0.4, 0.5) is 13.2 Å². The molecule has 4 rings (SSSR count). The zero-order valence-electron chi connectivity index (χ0n) is 19.9. The third-order valence-electron chi connectivity index (χ3n) is 6.28. The van der Waals surface area contributed by atoms with Crippen molar-refractivity contribution in [3.63, 3.8) is 0 Å². The number of hydrogen-bond donors (Lipinski definition) is 0. The molecule has 0 N–H and O–H groups in total. The normalized spacial score (nSPS) is 16.1. The van der Waals surface area contributed by atoms with Crippen molar-refractivity contribution in [2.45, 2.75) is 39.6 Å². The Balaban J connectivity index is 1.71. The molecule has 1 aromatic carbocycles. The summed E-state index contributed by atoms with van der Waals surface area (Å²) in [4.78, 5) is 7.38. The first-order valence-electron chi connectivity index (χ1n) is 11.4. The highest BCUT2D eigenvalue weighted by atomic mass is 19.4. The Bertz CT molecular complexity index is 1150. The van der Waals surface area contributed by atoms with Crippen molar-refractivity contribution in [3.05, 3.63) is 41.6 Å². The number of alkyl halides is 3. The molecule has 0 radical (unpaired) electrons. The SMILES string of the molecule is CC[C@@H](CN1CCOCC1)n1cc(C)c2nc(-c3ccc(OC(F)(F)F)cc3OC)c(C)cc21. The minimum atomic E-state index is -4.77. The molecular formula is C25H30F3N3O3. The van der Waals surface area contributed by atoms with Crippen molar-refractivity contribution < 1.29 is 27.4 Å². The Labute approximate surface area is 197 Å². The number of hydrogen-bond acceptors (Lipinski definition) is 5. The van der Waals surface area contributed by atoms with Gasteiger partial charge >= 0.3 is 6.36 Å². The maximum atomic E-state index is 12.6. The highest BCUT2D eigenvalue weighted by Crippen LogP contribution is 2.37. The number of halogens is 3. The molecule has 0 aliphatic carbocycles. The van der Waals surface area contributed by atoms with Gasteiger partial charge in [0.25, 0.3) is 0 Å². The fourth-order valence-electron chi connectivity index (χ4n) is 4.56. The first kappa shape index (κ1) is 24.3. The van der Waals surface area contributed by atoms with Gasteiger partial charge in [0.2, 0.25) is 0 Å². The molecule has 3 heterocycles. The van der Waals surface area contributed by atoms with Gasteiger partial charge in [-0.3, -0.25) is 4.90 Å². The zero-order chi connectivity index (χ0) is 24.5. The smallest absolute Gasteiger partial charge is 0.496 e. The summed E-state index contributed by atoms with van der Waals surface area (Å²) in [5.41, 5.74) is 5.17. The molecule has 1 aliphatic rings. The zero-order valence-corrected chi connectivity index (χ0v) is 19.9. The lowest BCUT2D eigenvalue weighted by molar-refractivity contribution is -0.274. The molecule has 0 saturated carbocycles. The molecule has 1 aliphatic heterocycles. The quantitative estimate of drug-likeness (QED) is 0.449. The van der Waals surface area contributed by atoms with E-state index >= 15 is 0 Å². The summed E-state index contributed by atoms with van der Waals surface area (Å²) in [6.45, 7) is 10.5. The second-order valence-corrected chi connectivity index (χ2v) is 8.63. The van der Waals surface area contributed by atoms with E-state index in [-0.39, 0.29) is 11.5 Å². The van der Waals surface area contributed by atoms with E-state index in [1.807, 2.05) is 13.8 Å². The molecule has 0 spiro atoms. The number of benzene rings is 1. The molecule has 6 nitrogen and oxygen atoms in total. The molecule has 0 amide bonds. The fourth-order valence-corrected chi connectivity index (χ4v) is 4.56. The molecule has 0 unspecified atom stereocenters. The fraction of sp³-hybridized carbons (Fsp3) is 0.480. The molecule has 34 heavy (non-hydrogen) atoms. The van der Waals surface area contributed by atoms with Crippen molar-refractivity contribution in [1.29, 1.82) is 0 Å². The average Bonchev–Trinajstić information content (AvgIpc) is 3.11. The largest absolute Gasteiger partial charge is 0.573 e. The first-order valence-corrected chi connectivity index (χ1v) is 11.4. The van der Waals surface area contributed by atoms with Crippen LogP contribution in [0.1, 0.15) is 30.5 Å². The van der Waals surface area contributed by atoms with E-state index in [0.29, 0.717) is 17.3 Å². The van der Waals surface area contributed by atoms with Gasteiger partial charge in [-0.1, -0.05) is 6.92 Å². The predicted octanol–water partition coefficient (Wildman–Crippen LogP) is 5.51. The molecule has 1 fully saturated rings. The standard InChI is InChI=1S/C25H30F3N3O3/c1-5-18(15-30-8-10-33-11-9-30)31-14-17(3)24-21(31)12-16(2)23(29-24)20-7-6-19(13-22(20)32-4)34-25(26,27)28/h6-7,12-14,18H,5,8-11,15H2,1-4H3/t18-/m0/s1. The number of rotatable bonds is 7. The minimum absolute atomic E-state index is 0.271. The van der Waals surface area contributed by atoms with E-state index in [4.69, 9.17) is 14.5 Å². The number of nitrogens with zero attached hydrogens (tertiary/aromatic N) is 3. The Morgan fingerprint density at radius 1 is 1.12 bits per heavy atom. The lowest BCUT2D eigenvalue weighted by atomic mass is 10.0. The third-order valence-corrected chi connectivity index (χ3v) is 6.28. The van der Waals surface area contributed by atoms with Crippen LogP contribution in [0.5, 0.6) is 11.5 Å². The first-order chi connectivity index (χ1) is 16.2. The Hall–Kier alpha value is -2.78. The number of morpholine rings is 1. The van der Waals surface area contributed by atoms with E-state index in [1.165, 1.54) is 19.2 Å². The Kier molecular flexibility index (Phi) is 7.04. The molecular weight excluding hydrogens is 447 g/mol. The highest BCUT2D eigenvalue weighted by molar-refractivity contribution is 5.85. The maximum absolute atomic E-state index is 12.6. The molecule has 1 atom stereocenters. The Morgan fingerprint density at radius 2 is 1.85 bits per heavy atom. The number of aryl methyl sites for hydroxylation is 2. The summed E-state index contributed by atoms with van der Waals surface area (Å²) in [7, 11) is 1.42. The lowest BCUT2D eigenvalue weighted by Crippen LogP contribution is -2.39. The van der Waals surface area contributed by atoms with Gasteiger partial charge in [-0.15, -0.1) is 13.2 Å². The third kappa shape index (κ3) is 5.15. The van der Waals surface area contributed by atoms with Crippen LogP contribution < -0.4 is 9.47 Å². The molecule has 2 aromatic heterocycles. The van der Waals surface area contributed by atoms with Gasteiger partial charge in [-0.05, 0) is 49.6 Å². The number of ether oxygens (including phenoxy) is 3. The van der Waals surface area contributed by atoms with Crippen LogP contribution in [0.25, 0.3) is 22.3 Å². The molecule has 0 bridgehead atoms. The van der Waals surface area contributed by atoms with Crippen molar-refractivity contribution >= 4 is 11.0 Å². The number of pyridine rings is 1. The summed E-state index contributed by atoms with van der Waals surface area (Å²) < 4.78 is 55.1. The second kappa shape index (κ2) is 9.84. The van der Waals surface area contributed by atoms with Gasteiger partial charge in [-0.25, -0.2) is 4.98 Å². The molecule has 3 aromatic rings. The summed E-state index contributed by atoms with van der Waals surface area (Å²) >= 11 is 0. The van der Waals surface area contributed by atoms with Crippen LogP contribution in [0.3, 0.4) is 0 Å². The Morgan fingerprint density at radius 3 is 2.50 bits per heavy atom. The predicted molar refractivity (Wildman–Crippen MR) is 124 cm³/mol. The summed E-state index contributed by atoms with van der Waals surface area (Å²) in [5.74, 6) is -0.0596. The van der Waals surface area contributed by atoms with Gasteiger partial charge in [0.15, 0.2) is 0 Å². The van der Waals surface area contributed by atoms with Gasteiger partial charge < -0.3 is 18.8 Å². The van der Waals surface area contributed by atoms with Crippen LogP contribution in [0, 0.1) is 13.8 Å². The van der Waals surface area contributed by atoms with Crippen LogP contribution in [0.2, 0.25) is 0 Å². The van der Waals surface area contributed by atoms with Crippen LogP contribution in [-0.4, -0.2) is 60.8 Å². The summed E-state index contributed by atoms with van der Waals surface area (Å²) in [5, 5.41) is 0. The van der Waals surface area contributed by atoms with E-state index in [1.54, 1.807) is 6.07 Å². The summed E-state index contributed by atoms with van der Waals surface area (Å²) in [6, 6.07) is 6.48. The van der Waals surface area contributed by atoms with Crippen molar-refractivity contribution in [3.8, 4) is 22.8 Å². The van der Waals surface area contributed by atoms with Crippen molar-refractivity contribution in [1.82, 2.24) is 14.5 Å². The van der Waals surface area contributed by atoms with Gasteiger partial charge in [0.05, 0.1) is 37.1 Å². The van der Waals surface area contributed by atoms with Crippen LogP contribution in [-0.2, 0) is 4.74 Å². The van der Waals surface area contributed by atoms with E-state index in [2.05, 4.69) is 33.4 Å². The number of fused-ring (bicyclic) bond motifs is 1. The van der Waals surface area contributed by atoms with E-state index in [9.17, 15) is 13.2 Å².